The van der Waals surface area contributed by atoms with Crippen LogP contribution in [0, 0.1) is 23.7 Å². The summed E-state index contributed by atoms with van der Waals surface area (Å²) in [5.41, 5.74) is 0.468. The van der Waals surface area contributed by atoms with Crippen molar-refractivity contribution in [1.82, 2.24) is 5.32 Å². The van der Waals surface area contributed by atoms with E-state index in [0.717, 1.165) is 30.2 Å². The number of carbonyl (C=O) groups excluding carboxylic acids is 1. The van der Waals surface area contributed by atoms with E-state index in [-0.39, 0.29) is 5.97 Å². The third-order valence-electron chi connectivity index (χ3n) is 5.84. The molecule has 3 saturated carbocycles. The summed E-state index contributed by atoms with van der Waals surface area (Å²) in [6, 6.07) is 0.604. The van der Waals surface area contributed by atoms with Crippen molar-refractivity contribution in [3.8, 4) is 0 Å². The van der Waals surface area contributed by atoms with E-state index in [4.69, 9.17) is 9.47 Å². The molecule has 110 valence electrons. The first-order valence-electron chi connectivity index (χ1n) is 7.86. The molecule has 1 aliphatic heterocycles. The molecule has 4 aliphatic rings. The molecular formula is C16H23NO3. The lowest BCUT2D eigenvalue weighted by Crippen LogP contribution is -2.42. The Kier molecular flexibility index (Phi) is 2.93. The lowest BCUT2D eigenvalue weighted by atomic mass is 9.78. The van der Waals surface area contributed by atoms with Gasteiger partial charge in [-0.25, -0.2) is 4.79 Å². The van der Waals surface area contributed by atoms with Gasteiger partial charge in [0.25, 0.3) is 0 Å². The predicted octanol–water partition coefficient (Wildman–Crippen LogP) is 1.51. The van der Waals surface area contributed by atoms with E-state index in [2.05, 4.69) is 11.9 Å². The molecule has 20 heavy (non-hydrogen) atoms. The lowest BCUT2D eigenvalue weighted by molar-refractivity contribution is -0.138. The van der Waals surface area contributed by atoms with E-state index in [9.17, 15) is 4.79 Å². The Morgan fingerprint density at radius 1 is 1.35 bits per heavy atom. The zero-order chi connectivity index (χ0) is 13.9. The topological polar surface area (TPSA) is 50.9 Å². The molecule has 1 saturated heterocycles. The van der Waals surface area contributed by atoms with Gasteiger partial charge in [-0.1, -0.05) is 6.58 Å². The van der Waals surface area contributed by atoms with Crippen LogP contribution in [0.4, 0.5) is 0 Å². The predicted molar refractivity (Wildman–Crippen MR) is 74.0 cm³/mol. The monoisotopic (exact) mass is 277 g/mol. The van der Waals surface area contributed by atoms with E-state index in [1.807, 2.05) is 0 Å². The number of hydrogen-bond acceptors (Lipinski definition) is 4. The van der Waals surface area contributed by atoms with Gasteiger partial charge in [0.2, 0.25) is 0 Å². The number of epoxide rings is 1. The Balaban J connectivity index is 1.25. The summed E-state index contributed by atoms with van der Waals surface area (Å²) in [6.45, 7) is 6.45. The average Bonchev–Trinajstić information content (AvgIpc) is 2.81. The van der Waals surface area contributed by atoms with Crippen molar-refractivity contribution in [2.45, 2.75) is 44.4 Å². The van der Waals surface area contributed by atoms with E-state index >= 15 is 0 Å². The van der Waals surface area contributed by atoms with Crippen molar-refractivity contribution in [3.63, 3.8) is 0 Å². The molecule has 2 bridgehead atoms. The first kappa shape index (κ1) is 12.8. The average molecular weight is 277 g/mol. The van der Waals surface area contributed by atoms with Crippen LogP contribution in [0.3, 0.4) is 0 Å². The highest BCUT2D eigenvalue weighted by Crippen LogP contribution is 2.64. The maximum absolute atomic E-state index is 11.3. The normalized spacial score (nSPS) is 47.0. The summed E-state index contributed by atoms with van der Waals surface area (Å²) in [5, 5.41) is 3.60. The molecule has 0 aromatic rings. The molecule has 4 rings (SSSR count). The maximum Gasteiger partial charge on any atom is 0.333 e. The molecule has 0 amide bonds. The Bertz CT molecular complexity index is 449. The number of nitrogens with one attached hydrogen (secondary N) is 1. The van der Waals surface area contributed by atoms with Crippen LogP contribution in [-0.4, -0.2) is 37.4 Å². The van der Waals surface area contributed by atoms with Crippen molar-refractivity contribution in [1.29, 1.82) is 0 Å². The van der Waals surface area contributed by atoms with Crippen molar-refractivity contribution in [2.75, 3.05) is 13.2 Å². The second-order valence-electron chi connectivity index (χ2n) is 6.99. The van der Waals surface area contributed by atoms with E-state index < -0.39 is 0 Å². The van der Waals surface area contributed by atoms with Crippen molar-refractivity contribution < 1.29 is 14.3 Å². The van der Waals surface area contributed by atoms with Crippen molar-refractivity contribution >= 4 is 5.97 Å². The van der Waals surface area contributed by atoms with Gasteiger partial charge in [-0.3, -0.25) is 0 Å². The molecule has 4 nitrogen and oxygen atoms in total. The SMILES string of the molecule is C=C(C)C(=O)OCCNC1CC2CC1C1C2CC2OC21. The Morgan fingerprint density at radius 3 is 3.00 bits per heavy atom. The molecule has 7 unspecified atom stereocenters. The second-order valence-corrected chi connectivity index (χ2v) is 6.99. The summed E-state index contributed by atoms with van der Waals surface area (Å²) < 4.78 is 10.9. The van der Waals surface area contributed by atoms with Crippen LogP contribution in [0.5, 0.6) is 0 Å². The summed E-state index contributed by atoms with van der Waals surface area (Å²) in [4.78, 5) is 11.3. The minimum absolute atomic E-state index is 0.287. The zero-order valence-corrected chi connectivity index (χ0v) is 12.0. The Labute approximate surface area is 119 Å². The van der Waals surface area contributed by atoms with Crippen LogP contribution in [0.1, 0.15) is 26.2 Å². The fourth-order valence-corrected chi connectivity index (χ4v) is 5.05. The fraction of sp³-hybridized carbons (Fsp3) is 0.812. The van der Waals surface area contributed by atoms with Gasteiger partial charge in [0.1, 0.15) is 6.61 Å². The van der Waals surface area contributed by atoms with Gasteiger partial charge in [-0.2, -0.15) is 0 Å². The summed E-state index contributed by atoms with van der Waals surface area (Å²) in [6.07, 6.45) is 5.19. The number of esters is 1. The minimum atomic E-state index is -0.287. The molecule has 3 aliphatic carbocycles. The van der Waals surface area contributed by atoms with Gasteiger partial charge >= 0.3 is 5.97 Å². The van der Waals surface area contributed by atoms with E-state index in [1.165, 1.54) is 19.3 Å². The van der Waals surface area contributed by atoms with E-state index in [1.54, 1.807) is 6.92 Å². The summed E-state index contributed by atoms with van der Waals surface area (Å²) in [7, 11) is 0. The molecule has 0 aromatic heterocycles. The molecule has 4 fully saturated rings. The second kappa shape index (κ2) is 4.57. The summed E-state index contributed by atoms with van der Waals surface area (Å²) >= 11 is 0. The van der Waals surface area contributed by atoms with Crippen LogP contribution in [0.25, 0.3) is 0 Å². The van der Waals surface area contributed by atoms with Crippen LogP contribution < -0.4 is 5.32 Å². The third kappa shape index (κ3) is 1.92. The van der Waals surface area contributed by atoms with Gasteiger partial charge < -0.3 is 14.8 Å². The first-order chi connectivity index (χ1) is 9.65. The Morgan fingerprint density at radius 2 is 2.20 bits per heavy atom. The first-order valence-corrected chi connectivity index (χ1v) is 7.86. The molecular weight excluding hydrogens is 254 g/mol. The smallest absolute Gasteiger partial charge is 0.333 e. The molecule has 1 N–H and O–H groups in total. The number of ether oxygens (including phenoxy) is 2. The summed E-state index contributed by atoms with van der Waals surface area (Å²) in [5.74, 6) is 3.18. The lowest BCUT2D eigenvalue weighted by Gasteiger charge is -2.33. The van der Waals surface area contributed by atoms with Crippen LogP contribution in [0.15, 0.2) is 12.2 Å². The fourth-order valence-electron chi connectivity index (χ4n) is 5.05. The van der Waals surface area contributed by atoms with Crippen molar-refractivity contribution in [3.05, 3.63) is 12.2 Å². The van der Waals surface area contributed by atoms with Crippen molar-refractivity contribution in [2.24, 2.45) is 23.7 Å². The number of fused-ring (bicyclic) bond motifs is 7. The standard InChI is InChI=1S/C16H23NO3/c1-8(2)16(18)19-4-3-17-12-6-9-5-11(12)14-10(9)7-13-15(14)20-13/h9-15,17H,1,3-7H2,2H3. The molecule has 0 aromatic carbocycles. The van der Waals surface area contributed by atoms with Gasteiger partial charge in [0.15, 0.2) is 0 Å². The molecule has 1 heterocycles. The van der Waals surface area contributed by atoms with E-state index in [0.29, 0.717) is 30.4 Å². The molecule has 0 radical (unpaired) electrons. The van der Waals surface area contributed by atoms with Gasteiger partial charge in [-0.15, -0.1) is 0 Å². The van der Waals surface area contributed by atoms with Crippen LogP contribution >= 0.6 is 0 Å². The van der Waals surface area contributed by atoms with Crippen LogP contribution in [-0.2, 0) is 14.3 Å². The Hall–Kier alpha value is -0.870. The highest BCUT2D eigenvalue weighted by Gasteiger charge is 2.66. The number of rotatable bonds is 5. The highest BCUT2D eigenvalue weighted by atomic mass is 16.6. The van der Waals surface area contributed by atoms with Crippen LogP contribution in [0.2, 0.25) is 0 Å². The highest BCUT2D eigenvalue weighted by molar-refractivity contribution is 5.86. The van der Waals surface area contributed by atoms with Gasteiger partial charge in [-0.05, 0) is 49.9 Å². The molecule has 0 spiro atoms. The zero-order valence-electron chi connectivity index (χ0n) is 12.0. The maximum atomic E-state index is 11.3. The van der Waals surface area contributed by atoms with Gasteiger partial charge in [0, 0.05) is 18.2 Å². The quantitative estimate of drug-likeness (QED) is 0.358. The largest absolute Gasteiger partial charge is 0.461 e. The molecule has 4 heteroatoms. The number of hydrogen-bond donors (Lipinski definition) is 1. The number of carbonyl (C=O) groups is 1. The molecule has 7 atom stereocenters. The minimum Gasteiger partial charge on any atom is -0.461 e. The third-order valence-corrected chi connectivity index (χ3v) is 5.84. The van der Waals surface area contributed by atoms with Gasteiger partial charge in [0.05, 0.1) is 12.2 Å².